The Morgan fingerprint density at radius 3 is 2.53 bits per heavy atom. The molecular formula is C24H23ClFN3O4S. The number of sulfonamides is 1. The van der Waals surface area contributed by atoms with Crippen molar-refractivity contribution in [2.45, 2.75) is 24.7 Å². The predicted octanol–water partition coefficient (Wildman–Crippen LogP) is 4.99. The SMILES string of the molecule is Cc1noc(/C=C/c2ccccc2F)c1S(=O)(=O)N1CCC(C(=O)Nc2ccccc2Cl)CC1. The molecule has 0 saturated carbocycles. The van der Waals surface area contributed by atoms with Gasteiger partial charge in [0.1, 0.15) is 11.5 Å². The van der Waals surface area contributed by atoms with Gasteiger partial charge in [0.05, 0.1) is 10.7 Å². The molecule has 1 aliphatic heterocycles. The molecule has 0 aliphatic carbocycles. The second-order valence-electron chi connectivity index (χ2n) is 7.96. The van der Waals surface area contributed by atoms with Crippen LogP contribution >= 0.6 is 11.6 Å². The molecule has 0 unspecified atom stereocenters. The lowest BCUT2D eigenvalue weighted by molar-refractivity contribution is -0.120. The molecule has 2 aromatic carbocycles. The zero-order valence-electron chi connectivity index (χ0n) is 18.4. The molecule has 2 heterocycles. The summed E-state index contributed by atoms with van der Waals surface area (Å²) < 4.78 is 47.2. The van der Waals surface area contributed by atoms with E-state index in [2.05, 4.69) is 10.5 Å². The summed E-state index contributed by atoms with van der Waals surface area (Å²) in [7, 11) is -3.93. The Kier molecular flexibility index (Phi) is 7.16. The van der Waals surface area contributed by atoms with Crippen LogP contribution < -0.4 is 5.32 Å². The molecule has 1 aromatic heterocycles. The minimum absolute atomic E-state index is 0.0272. The second kappa shape index (κ2) is 10.1. The first kappa shape index (κ1) is 24.1. The summed E-state index contributed by atoms with van der Waals surface area (Å²) in [6.45, 7) is 1.88. The number of nitrogens with one attached hydrogen (secondary N) is 1. The zero-order chi connectivity index (χ0) is 24.3. The molecule has 3 aromatic rings. The number of benzene rings is 2. The summed E-state index contributed by atoms with van der Waals surface area (Å²) in [5.41, 5.74) is 1.03. The Morgan fingerprint density at radius 2 is 1.82 bits per heavy atom. The third-order valence-electron chi connectivity index (χ3n) is 5.71. The summed E-state index contributed by atoms with van der Waals surface area (Å²) in [5, 5.41) is 7.06. The van der Waals surface area contributed by atoms with Gasteiger partial charge in [-0.25, -0.2) is 12.8 Å². The van der Waals surface area contributed by atoms with Crippen molar-refractivity contribution < 1.29 is 22.1 Å². The van der Waals surface area contributed by atoms with Crippen LogP contribution in [0.15, 0.2) is 57.9 Å². The highest BCUT2D eigenvalue weighted by molar-refractivity contribution is 7.89. The van der Waals surface area contributed by atoms with E-state index in [9.17, 15) is 17.6 Å². The molecule has 34 heavy (non-hydrogen) atoms. The fourth-order valence-corrected chi connectivity index (χ4v) is 5.76. The molecule has 1 N–H and O–H groups in total. The fourth-order valence-electron chi connectivity index (χ4n) is 3.86. The van der Waals surface area contributed by atoms with E-state index in [-0.39, 0.29) is 41.3 Å². The number of halogens is 2. The van der Waals surface area contributed by atoms with Gasteiger partial charge in [-0.1, -0.05) is 47.1 Å². The lowest BCUT2D eigenvalue weighted by Crippen LogP contribution is -2.41. The zero-order valence-corrected chi connectivity index (χ0v) is 19.9. The van der Waals surface area contributed by atoms with Crippen molar-refractivity contribution >= 4 is 45.4 Å². The second-order valence-corrected chi connectivity index (χ2v) is 10.2. The molecule has 10 heteroatoms. The normalized spacial score (nSPS) is 15.6. The Balaban J connectivity index is 1.47. The first-order chi connectivity index (χ1) is 16.3. The Hall–Kier alpha value is -3.01. The van der Waals surface area contributed by atoms with Crippen LogP contribution in [0.4, 0.5) is 10.1 Å². The van der Waals surface area contributed by atoms with Gasteiger partial charge in [0.15, 0.2) is 10.7 Å². The van der Waals surface area contributed by atoms with Crippen molar-refractivity contribution in [1.29, 1.82) is 0 Å². The van der Waals surface area contributed by atoms with Crippen LogP contribution in [0.25, 0.3) is 12.2 Å². The van der Waals surface area contributed by atoms with Crippen LogP contribution in [-0.2, 0) is 14.8 Å². The number of rotatable bonds is 6. The van der Waals surface area contributed by atoms with E-state index in [0.717, 1.165) is 0 Å². The number of nitrogens with zero attached hydrogens (tertiary/aromatic N) is 2. The third kappa shape index (κ3) is 5.06. The van der Waals surface area contributed by atoms with E-state index in [1.807, 2.05) is 0 Å². The van der Waals surface area contributed by atoms with Gasteiger partial charge in [-0.2, -0.15) is 4.31 Å². The van der Waals surface area contributed by atoms with Crippen LogP contribution in [0, 0.1) is 18.7 Å². The summed E-state index contributed by atoms with van der Waals surface area (Å²) >= 11 is 6.11. The molecule has 178 valence electrons. The number of piperidine rings is 1. The number of hydrogen-bond donors (Lipinski definition) is 1. The molecule has 7 nitrogen and oxygen atoms in total. The summed E-state index contributed by atoms with van der Waals surface area (Å²) in [5.74, 6) is -0.942. The van der Waals surface area contributed by atoms with Crippen molar-refractivity contribution in [2.24, 2.45) is 5.92 Å². The molecule has 4 rings (SSSR count). The van der Waals surface area contributed by atoms with Crippen molar-refractivity contribution in [3.63, 3.8) is 0 Å². The van der Waals surface area contributed by atoms with Crippen molar-refractivity contribution in [2.75, 3.05) is 18.4 Å². The van der Waals surface area contributed by atoms with Crippen LogP contribution in [0.5, 0.6) is 0 Å². The smallest absolute Gasteiger partial charge is 0.248 e. The van der Waals surface area contributed by atoms with Gasteiger partial charge < -0.3 is 9.84 Å². The standard InChI is InChI=1S/C24H23ClFN3O4S/c1-16-23(22(33-28-16)11-10-17-6-2-4-8-20(17)26)34(31,32)29-14-12-18(13-15-29)24(30)27-21-9-5-3-7-19(21)25/h2-11,18H,12-15H2,1H3,(H,27,30)/b11-10+. The molecule has 1 saturated heterocycles. The average molecular weight is 504 g/mol. The Bertz CT molecular complexity index is 1330. The maximum Gasteiger partial charge on any atom is 0.248 e. The van der Waals surface area contributed by atoms with Gasteiger partial charge in [0.25, 0.3) is 0 Å². The molecule has 1 fully saturated rings. The summed E-state index contributed by atoms with van der Waals surface area (Å²) in [6, 6.07) is 13.1. The lowest BCUT2D eigenvalue weighted by atomic mass is 9.97. The maximum atomic E-state index is 13.9. The van der Waals surface area contributed by atoms with Crippen molar-refractivity contribution in [3.8, 4) is 0 Å². The topological polar surface area (TPSA) is 92.5 Å². The third-order valence-corrected chi connectivity index (χ3v) is 8.09. The molecular weight excluding hydrogens is 481 g/mol. The van der Waals surface area contributed by atoms with Crippen molar-refractivity contribution in [1.82, 2.24) is 9.46 Å². The monoisotopic (exact) mass is 503 g/mol. The van der Waals surface area contributed by atoms with E-state index >= 15 is 0 Å². The number of para-hydroxylation sites is 1. The van der Waals surface area contributed by atoms with Crippen LogP contribution in [0.1, 0.15) is 29.9 Å². The van der Waals surface area contributed by atoms with E-state index in [4.69, 9.17) is 16.1 Å². The quantitative estimate of drug-likeness (QED) is 0.512. The van der Waals surface area contributed by atoms with Crippen LogP contribution in [0.3, 0.4) is 0 Å². The highest BCUT2D eigenvalue weighted by Gasteiger charge is 2.36. The van der Waals surface area contributed by atoms with Gasteiger partial charge in [-0.05, 0) is 50.1 Å². The van der Waals surface area contributed by atoms with E-state index in [1.165, 1.54) is 22.5 Å². The van der Waals surface area contributed by atoms with E-state index in [0.29, 0.717) is 29.1 Å². The van der Waals surface area contributed by atoms with Crippen LogP contribution in [0.2, 0.25) is 5.02 Å². The lowest BCUT2D eigenvalue weighted by Gasteiger charge is -2.30. The minimum Gasteiger partial charge on any atom is -0.355 e. The molecule has 1 aliphatic rings. The Morgan fingerprint density at radius 1 is 1.15 bits per heavy atom. The number of amides is 1. The first-order valence-electron chi connectivity index (χ1n) is 10.7. The predicted molar refractivity (Wildman–Crippen MR) is 128 cm³/mol. The fraction of sp³-hybridized carbons (Fsp3) is 0.250. The van der Waals surface area contributed by atoms with Gasteiger partial charge >= 0.3 is 0 Å². The van der Waals surface area contributed by atoms with Crippen molar-refractivity contribution in [3.05, 3.63) is 76.4 Å². The molecule has 0 radical (unpaired) electrons. The number of hydrogen-bond acceptors (Lipinski definition) is 5. The molecule has 0 bridgehead atoms. The maximum absolute atomic E-state index is 13.9. The average Bonchev–Trinajstić information content (AvgIpc) is 3.21. The molecule has 1 amide bonds. The summed E-state index contributed by atoms with van der Waals surface area (Å²) in [6.07, 6.45) is 3.56. The van der Waals surface area contributed by atoms with E-state index < -0.39 is 15.8 Å². The van der Waals surface area contributed by atoms with Gasteiger partial charge in [-0.3, -0.25) is 4.79 Å². The molecule has 0 spiro atoms. The number of anilines is 1. The summed E-state index contributed by atoms with van der Waals surface area (Å²) in [4.78, 5) is 12.6. The number of carbonyl (C=O) groups excluding carboxylic acids is 1. The highest BCUT2D eigenvalue weighted by atomic mass is 35.5. The highest BCUT2D eigenvalue weighted by Crippen LogP contribution is 2.30. The molecule has 0 atom stereocenters. The first-order valence-corrected chi connectivity index (χ1v) is 12.5. The van der Waals surface area contributed by atoms with E-state index in [1.54, 1.807) is 49.4 Å². The van der Waals surface area contributed by atoms with Gasteiger partial charge in [0, 0.05) is 24.6 Å². The van der Waals surface area contributed by atoms with Gasteiger partial charge in [-0.15, -0.1) is 0 Å². The number of carbonyl (C=O) groups is 1. The van der Waals surface area contributed by atoms with Gasteiger partial charge in [0.2, 0.25) is 15.9 Å². The number of aromatic nitrogens is 1. The largest absolute Gasteiger partial charge is 0.355 e. The number of aryl methyl sites for hydroxylation is 1. The Labute approximate surface area is 202 Å². The van der Waals surface area contributed by atoms with Crippen LogP contribution in [-0.4, -0.2) is 36.9 Å². The minimum atomic E-state index is -3.93.